The van der Waals surface area contributed by atoms with Gasteiger partial charge in [0.1, 0.15) is 0 Å². The number of benzene rings is 2. The first-order valence-electron chi connectivity index (χ1n) is 7.15. The fourth-order valence-corrected chi connectivity index (χ4v) is 2.29. The Morgan fingerprint density at radius 1 is 1.12 bits per heavy atom. The molecule has 0 saturated heterocycles. The van der Waals surface area contributed by atoms with E-state index in [-0.39, 0.29) is 29.1 Å². The van der Waals surface area contributed by atoms with E-state index in [1.807, 2.05) is 0 Å². The molecule has 4 nitrogen and oxygen atoms in total. The highest BCUT2D eigenvalue weighted by molar-refractivity contribution is 6.33. The van der Waals surface area contributed by atoms with Gasteiger partial charge in [-0.2, -0.15) is 13.2 Å². The Balaban J connectivity index is 2.02. The molecular weight excluding hydrogens is 359 g/mol. The molecule has 0 bridgehead atoms. The number of halogens is 4. The summed E-state index contributed by atoms with van der Waals surface area (Å²) in [4.78, 5) is 22.9. The third-order valence-corrected chi connectivity index (χ3v) is 3.71. The lowest BCUT2D eigenvalue weighted by molar-refractivity contribution is -0.137. The maximum absolute atomic E-state index is 12.7. The highest BCUT2D eigenvalue weighted by atomic mass is 35.5. The van der Waals surface area contributed by atoms with Crippen molar-refractivity contribution in [3.8, 4) is 0 Å². The van der Waals surface area contributed by atoms with Crippen LogP contribution in [0.25, 0.3) is 0 Å². The van der Waals surface area contributed by atoms with Crippen LogP contribution in [-0.2, 0) is 17.4 Å². The van der Waals surface area contributed by atoms with E-state index in [1.165, 1.54) is 30.3 Å². The van der Waals surface area contributed by atoms with Crippen LogP contribution < -0.4 is 5.32 Å². The van der Waals surface area contributed by atoms with E-state index >= 15 is 0 Å². The van der Waals surface area contributed by atoms with Crippen LogP contribution in [0.4, 0.5) is 18.9 Å². The summed E-state index contributed by atoms with van der Waals surface area (Å²) in [6.07, 6.45) is -4.41. The standard InChI is InChI=1S/C17H13ClF3NO3/c18-13-6-5-11(16(24)25)9-14(13)22-15(23)7-4-10-2-1-3-12(8-10)17(19,20)21/h1-3,5-6,8-9H,4,7H2,(H,22,23)(H,24,25). The molecule has 0 heterocycles. The molecule has 0 aromatic heterocycles. The van der Waals surface area contributed by atoms with Crippen molar-refractivity contribution in [1.29, 1.82) is 0 Å². The third-order valence-electron chi connectivity index (χ3n) is 3.38. The monoisotopic (exact) mass is 371 g/mol. The average Bonchev–Trinajstić information content (AvgIpc) is 2.54. The van der Waals surface area contributed by atoms with Gasteiger partial charge in [0.15, 0.2) is 0 Å². The number of carbonyl (C=O) groups excluding carboxylic acids is 1. The lowest BCUT2D eigenvalue weighted by Crippen LogP contribution is -2.13. The normalized spacial score (nSPS) is 11.2. The summed E-state index contributed by atoms with van der Waals surface area (Å²) >= 11 is 5.90. The summed E-state index contributed by atoms with van der Waals surface area (Å²) in [7, 11) is 0. The minimum absolute atomic E-state index is 0.0439. The quantitative estimate of drug-likeness (QED) is 0.805. The van der Waals surface area contributed by atoms with Crippen LogP contribution in [0.3, 0.4) is 0 Å². The van der Waals surface area contributed by atoms with Crippen molar-refractivity contribution in [3.05, 3.63) is 64.2 Å². The fraction of sp³-hybridized carbons (Fsp3) is 0.176. The number of alkyl halides is 3. The molecule has 0 radical (unpaired) electrons. The Kier molecular flexibility index (Phi) is 5.69. The van der Waals surface area contributed by atoms with Gasteiger partial charge in [0.25, 0.3) is 0 Å². The van der Waals surface area contributed by atoms with Crippen LogP contribution in [0.5, 0.6) is 0 Å². The molecule has 0 unspecified atom stereocenters. The highest BCUT2D eigenvalue weighted by Gasteiger charge is 2.30. The van der Waals surface area contributed by atoms with Crippen molar-refractivity contribution in [3.63, 3.8) is 0 Å². The number of hydrogen-bond acceptors (Lipinski definition) is 2. The number of carboxylic acids is 1. The molecule has 0 saturated carbocycles. The van der Waals surface area contributed by atoms with Gasteiger partial charge in [0.05, 0.1) is 21.8 Å². The van der Waals surface area contributed by atoms with Crippen molar-refractivity contribution in [2.24, 2.45) is 0 Å². The summed E-state index contributed by atoms with van der Waals surface area (Å²) in [6.45, 7) is 0. The molecule has 0 aliphatic carbocycles. The number of aryl methyl sites for hydroxylation is 1. The lowest BCUT2D eigenvalue weighted by Gasteiger charge is -2.10. The Bertz CT molecular complexity index is 806. The fourth-order valence-electron chi connectivity index (χ4n) is 2.13. The summed E-state index contributed by atoms with van der Waals surface area (Å²) < 4.78 is 38.0. The molecule has 1 amide bonds. The van der Waals surface area contributed by atoms with Crippen LogP contribution in [0.1, 0.15) is 27.9 Å². The molecule has 0 fully saturated rings. The minimum Gasteiger partial charge on any atom is -0.478 e. The van der Waals surface area contributed by atoms with Crippen LogP contribution in [0, 0.1) is 0 Å². The lowest BCUT2D eigenvalue weighted by atomic mass is 10.1. The van der Waals surface area contributed by atoms with E-state index in [0.717, 1.165) is 12.1 Å². The van der Waals surface area contributed by atoms with Crippen molar-refractivity contribution in [1.82, 2.24) is 0 Å². The van der Waals surface area contributed by atoms with Gasteiger partial charge in [-0.25, -0.2) is 4.79 Å². The van der Waals surface area contributed by atoms with Gasteiger partial charge in [-0.3, -0.25) is 4.79 Å². The maximum Gasteiger partial charge on any atom is 0.416 e. The predicted molar refractivity (Wildman–Crippen MR) is 86.8 cm³/mol. The van der Waals surface area contributed by atoms with Crippen LogP contribution in [-0.4, -0.2) is 17.0 Å². The Morgan fingerprint density at radius 3 is 2.48 bits per heavy atom. The number of nitrogens with one attached hydrogen (secondary N) is 1. The van der Waals surface area contributed by atoms with E-state index in [0.29, 0.717) is 5.56 Å². The van der Waals surface area contributed by atoms with Crippen molar-refractivity contribution in [2.45, 2.75) is 19.0 Å². The first-order chi connectivity index (χ1) is 11.7. The van der Waals surface area contributed by atoms with Gasteiger partial charge < -0.3 is 10.4 Å². The second-order valence-electron chi connectivity index (χ2n) is 5.25. The summed E-state index contributed by atoms with van der Waals surface area (Å²) in [5.74, 6) is -1.65. The maximum atomic E-state index is 12.7. The van der Waals surface area contributed by atoms with Gasteiger partial charge in [-0.1, -0.05) is 29.8 Å². The predicted octanol–water partition coefficient (Wildman–Crippen LogP) is 4.63. The Hall–Kier alpha value is -2.54. The molecule has 8 heteroatoms. The number of aromatic carboxylic acids is 1. The van der Waals surface area contributed by atoms with E-state index in [1.54, 1.807) is 0 Å². The number of rotatable bonds is 5. The van der Waals surface area contributed by atoms with Crippen molar-refractivity contribution < 1.29 is 27.9 Å². The Morgan fingerprint density at radius 2 is 1.84 bits per heavy atom. The number of carboxylic acid groups (broad SMARTS) is 1. The highest BCUT2D eigenvalue weighted by Crippen LogP contribution is 2.30. The van der Waals surface area contributed by atoms with Crippen LogP contribution >= 0.6 is 11.6 Å². The molecule has 2 aromatic rings. The molecule has 2 aromatic carbocycles. The minimum atomic E-state index is -4.44. The van der Waals surface area contributed by atoms with E-state index in [9.17, 15) is 22.8 Å². The number of carbonyl (C=O) groups is 2. The van der Waals surface area contributed by atoms with Gasteiger partial charge in [-0.05, 0) is 36.2 Å². The zero-order valence-corrected chi connectivity index (χ0v) is 13.5. The largest absolute Gasteiger partial charge is 0.478 e. The first kappa shape index (κ1) is 18.8. The summed E-state index contributed by atoms with van der Waals surface area (Å²) in [6, 6.07) is 8.58. The van der Waals surface area contributed by atoms with Crippen LogP contribution in [0.2, 0.25) is 5.02 Å². The third kappa shape index (κ3) is 5.22. The van der Waals surface area contributed by atoms with Crippen molar-refractivity contribution in [2.75, 3.05) is 5.32 Å². The van der Waals surface area contributed by atoms with E-state index < -0.39 is 23.6 Å². The molecule has 2 rings (SSSR count). The smallest absolute Gasteiger partial charge is 0.416 e. The number of anilines is 1. The number of amides is 1. The molecule has 2 N–H and O–H groups in total. The van der Waals surface area contributed by atoms with Gasteiger partial charge >= 0.3 is 12.1 Å². The van der Waals surface area contributed by atoms with Gasteiger partial charge in [-0.15, -0.1) is 0 Å². The molecular formula is C17H13ClF3NO3. The second-order valence-corrected chi connectivity index (χ2v) is 5.65. The SMILES string of the molecule is O=C(CCc1cccc(C(F)(F)F)c1)Nc1cc(C(=O)O)ccc1Cl. The zero-order valence-electron chi connectivity index (χ0n) is 12.7. The summed E-state index contributed by atoms with van der Waals surface area (Å²) in [5.41, 5.74) is -0.314. The average molecular weight is 372 g/mol. The topological polar surface area (TPSA) is 66.4 Å². The van der Waals surface area contributed by atoms with Gasteiger partial charge in [0.2, 0.25) is 5.91 Å². The molecule has 0 aliphatic heterocycles. The summed E-state index contributed by atoms with van der Waals surface area (Å²) in [5, 5.41) is 11.6. The first-order valence-corrected chi connectivity index (χ1v) is 7.53. The van der Waals surface area contributed by atoms with E-state index in [4.69, 9.17) is 16.7 Å². The number of hydrogen-bond donors (Lipinski definition) is 2. The zero-order chi connectivity index (χ0) is 18.6. The van der Waals surface area contributed by atoms with Crippen LogP contribution in [0.15, 0.2) is 42.5 Å². The molecule has 0 spiro atoms. The molecule has 132 valence electrons. The molecule has 25 heavy (non-hydrogen) atoms. The van der Waals surface area contributed by atoms with Gasteiger partial charge in [0, 0.05) is 6.42 Å². The Labute approximate surface area is 146 Å². The van der Waals surface area contributed by atoms with E-state index in [2.05, 4.69) is 5.32 Å². The van der Waals surface area contributed by atoms with Crippen molar-refractivity contribution >= 4 is 29.2 Å². The second kappa shape index (κ2) is 7.57. The molecule has 0 aliphatic rings. The molecule has 0 atom stereocenters.